The summed E-state index contributed by atoms with van der Waals surface area (Å²) in [7, 11) is 7.20. The molecule has 0 aliphatic rings. The summed E-state index contributed by atoms with van der Waals surface area (Å²) >= 11 is 0. The number of rotatable bonds is 9. The minimum absolute atomic E-state index is 0.00314. The van der Waals surface area contributed by atoms with Gasteiger partial charge in [-0.2, -0.15) is 5.26 Å². The largest absolute Gasteiger partial charge is 0.493 e. The number of aromatic amines is 1. The quantitative estimate of drug-likeness (QED) is 0.241. The summed E-state index contributed by atoms with van der Waals surface area (Å²) in [6.07, 6.45) is 5.17. The van der Waals surface area contributed by atoms with Crippen LogP contribution in [0.15, 0.2) is 66.5 Å². The van der Waals surface area contributed by atoms with Gasteiger partial charge in [-0.05, 0) is 68.1 Å². The van der Waals surface area contributed by atoms with E-state index in [4.69, 9.17) is 9.47 Å². The predicted octanol–water partition coefficient (Wildman–Crippen LogP) is 5.09. The highest BCUT2D eigenvalue weighted by atomic mass is 16.5. The third-order valence-electron chi connectivity index (χ3n) is 6.24. The summed E-state index contributed by atoms with van der Waals surface area (Å²) in [5.41, 5.74) is 5.43. The number of nitrogens with zero attached hydrogens (tertiary/aromatic N) is 3. The number of nitrogens with one attached hydrogen (secondary N) is 2. The fourth-order valence-corrected chi connectivity index (χ4v) is 4.30. The van der Waals surface area contributed by atoms with Crippen molar-refractivity contribution in [3.8, 4) is 28.7 Å². The van der Waals surface area contributed by atoms with Crippen molar-refractivity contribution >= 4 is 23.0 Å². The van der Waals surface area contributed by atoms with Gasteiger partial charge >= 0.3 is 0 Å². The summed E-state index contributed by atoms with van der Waals surface area (Å²) in [6, 6.07) is 17.5. The second kappa shape index (κ2) is 11.6. The van der Waals surface area contributed by atoms with Gasteiger partial charge < -0.3 is 24.7 Å². The van der Waals surface area contributed by atoms with E-state index in [1.54, 1.807) is 38.6 Å². The van der Waals surface area contributed by atoms with Crippen LogP contribution in [0.1, 0.15) is 29.7 Å². The predicted molar refractivity (Wildman–Crippen MR) is 149 cm³/mol. The van der Waals surface area contributed by atoms with E-state index in [0.717, 1.165) is 28.6 Å². The highest BCUT2D eigenvalue weighted by Gasteiger charge is 2.17. The van der Waals surface area contributed by atoms with Gasteiger partial charge in [0.15, 0.2) is 11.5 Å². The van der Waals surface area contributed by atoms with Crippen LogP contribution in [0.5, 0.6) is 11.5 Å². The molecular formula is C30H31N5O3. The van der Waals surface area contributed by atoms with Crippen molar-refractivity contribution in [1.82, 2.24) is 20.2 Å². The first kappa shape index (κ1) is 26.5. The zero-order valence-corrected chi connectivity index (χ0v) is 22.2. The maximum Gasteiger partial charge on any atom is 0.262 e. The summed E-state index contributed by atoms with van der Waals surface area (Å²) in [5, 5.41) is 13.5. The molecule has 2 N–H and O–H groups in total. The number of pyridine rings is 1. The van der Waals surface area contributed by atoms with E-state index in [9.17, 15) is 10.1 Å². The van der Waals surface area contributed by atoms with E-state index in [2.05, 4.69) is 32.3 Å². The van der Waals surface area contributed by atoms with Gasteiger partial charge in [0.25, 0.3) is 5.91 Å². The zero-order chi connectivity index (χ0) is 27.2. The van der Waals surface area contributed by atoms with E-state index in [-0.39, 0.29) is 11.6 Å². The molecule has 1 amide bonds. The number of methoxy groups -OCH3 is 2. The van der Waals surface area contributed by atoms with Crippen LogP contribution in [-0.2, 0) is 11.3 Å². The normalized spacial score (nSPS) is 12.3. The molecule has 4 aromatic rings. The maximum atomic E-state index is 13.0. The van der Waals surface area contributed by atoms with E-state index in [1.165, 1.54) is 5.56 Å². The molecular weight excluding hydrogens is 478 g/mol. The average Bonchev–Trinajstić information content (AvgIpc) is 3.32. The van der Waals surface area contributed by atoms with Crippen LogP contribution in [0.2, 0.25) is 0 Å². The summed E-state index contributed by atoms with van der Waals surface area (Å²) in [4.78, 5) is 22.8. The van der Waals surface area contributed by atoms with Crippen molar-refractivity contribution in [3.05, 3.63) is 83.2 Å². The van der Waals surface area contributed by atoms with Gasteiger partial charge in [-0.3, -0.25) is 4.79 Å². The highest BCUT2D eigenvalue weighted by molar-refractivity contribution is 6.04. The number of fused-ring (bicyclic) bond motifs is 1. The van der Waals surface area contributed by atoms with E-state index < -0.39 is 5.91 Å². The smallest absolute Gasteiger partial charge is 0.262 e. The second-order valence-electron chi connectivity index (χ2n) is 9.28. The number of nitriles is 1. The molecule has 0 unspecified atom stereocenters. The number of ether oxygens (including phenoxy) is 2. The van der Waals surface area contributed by atoms with Crippen LogP contribution in [-0.4, -0.2) is 49.1 Å². The Hall–Kier alpha value is -4.61. The lowest BCUT2D eigenvalue weighted by Crippen LogP contribution is -2.27. The molecule has 4 rings (SSSR count). The van der Waals surface area contributed by atoms with Crippen molar-refractivity contribution in [2.75, 3.05) is 28.3 Å². The Labute approximate surface area is 222 Å². The number of hydrogen-bond donors (Lipinski definition) is 2. The topological polar surface area (TPSA) is 103 Å². The van der Waals surface area contributed by atoms with Crippen LogP contribution >= 0.6 is 0 Å². The van der Waals surface area contributed by atoms with Crippen LogP contribution in [0.4, 0.5) is 0 Å². The fraction of sp³-hybridized carbons (Fsp3) is 0.233. The van der Waals surface area contributed by atoms with Crippen molar-refractivity contribution < 1.29 is 14.3 Å². The number of H-pyrrole nitrogens is 1. The molecule has 2 heterocycles. The van der Waals surface area contributed by atoms with Crippen molar-refractivity contribution in [1.29, 1.82) is 5.26 Å². The number of amides is 1. The molecule has 2 aromatic heterocycles. The Morgan fingerprint density at radius 2 is 1.92 bits per heavy atom. The molecule has 2 aromatic carbocycles. The van der Waals surface area contributed by atoms with Gasteiger partial charge in [-0.1, -0.05) is 24.3 Å². The van der Waals surface area contributed by atoms with Crippen molar-refractivity contribution in [2.45, 2.75) is 19.5 Å². The summed E-state index contributed by atoms with van der Waals surface area (Å²) in [5.74, 6) is 0.699. The highest BCUT2D eigenvalue weighted by Crippen LogP contribution is 2.30. The molecule has 0 saturated heterocycles. The summed E-state index contributed by atoms with van der Waals surface area (Å²) in [6.45, 7) is 2.68. The van der Waals surface area contributed by atoms with Gasteiger partial charge in [0.05, 0.1) is 20.3 Å². The molecule has 0 saturated carbocycles. The fourth-order valence-electron chi connectivity index (χ4n) is 4.30. The molecule has 8 nitrogen and oxygen atoms in total. The minimum atomic E-state index is -0.468. The van der Waals surface area contributed by atoms with Crippen LogP contribution in [0.25, 0.3) is 28.2 Å². The van der Waals surface area contributed by atoms with Gasteiger partial charge in [-0.25, -0.2) is 4.98 Å². The molecule has 1 atom stereocenters. The maximum absolute atomic E-state index is 13.0. The standard InChI is InChI=1S/C30H31N5O3/c1-19(21-9-10-27(37-4)28(14-21)38-5)34-30(36)23(15-31)12-25-17-33-29-26(25)13-24(16-32-29)22-8-6-7-20(11-22)18-35(2)3/h6-14,16-17,19H,18H2,1-5H3,(H,32,33)(H,34,36)/b23-12+/t19-/m1/s1. The first-order valence-corrected chi connectivity index (χ1v) is 12.2. The van der Waals surface area contributed by atoms with E-state index in [0.29, 0.717) is 22.7 Å². The lowest BCUT2D eigenvalue weighted by molar-refractivity contribution is -0.117. The molecule has 0 fully saturated rings. The first-order chi connectivity index (χ1) is 18.3. The molecule has 194 valence electrons. The number of benzene rings is 2. The third kappa shape index (κ3) is 5.85. The van der Waals surface area contributed by atoms with Gasteiger partial charge in [0, 0.05) is 35.5 Å². The minimum Gasteiger partial charge on any atom is -0.493 e. The Bertz CT molecular complexity index is 1530. The van der Waals surface area contributed by atoms with E-state index >= 15 is 0 Å². The van der Waals surface area contributed by atoms with Crippen molar-refractivity contribution in [3.63, 3.8) is 0 Å². The zero-order valence-electron chi connectivity index (χ0n) is 22.2. The molecule has 0 bridgehead atoms. The monoisotopic (exact) mass is 509 g/mol. The number of hydrogen-bond acceptors (Lipinski definition) is 6. The number of aromatic nitrogens is 2. The van der Waals surface area contributed by atoms with Gasteiger partial charge in [-0.15, -0.1) is 0 Å². The number of carbonyl (C=O) groups excluding carboxylic acids is 1. The molecule has 8 heteroatoms. The van der Waals surface area contributed by atoms with Crippen LogP contribution in [0.3, 0.4) is 0 Å². The van der Waals surface area contributed by atoms with Crippen LogP contribution in [0, 0.1) is 11.3 Å². The Morgan fingerprint density at radius 1 is 1.13 bits per heavy atom. The second-order valence-corrected chi connectivity index (χ2v) is 9.28. The number of carbonyl (C=O) groups is 1. The molecule has 38 heavy (non-hydrogen) atoms. The summed E-state index contributed by atoms with van der Waals surface area (Å²) < 4.78 is 10.6. The van der Waals surface area contributed by atoms with Gasteiger partial charge in [0.1, 0.15) is 17.3 Å². The molecule has 0 radical (unpaired) electrons. The third-order valence-corrected chi connectivity index (χ3v) is 6.24. The SMILES string of the molecule is COc1ccc([C@@H](C)NC(=O)/C(C#N)=C/c2c[nH]c3ncc(-c4cccc(CN(C)C)c4)cc23)cc1OC. The van der Waals surface area contributed by atoms with E-state index in [1.807, 2.05) is 57.6 Å². The Morgan fingerprint density at radius 3 is 2.63 bits per heavy atom. The van der Waals surface area contributed by atoms with Crippen LogP contribution < -0.4 is 14.8 Å². The van der Waals surface area contributed by atoms with Crippen molar-refractivity contribution in [2.24, 2.45) is 0 Å². The Balaban J connectivity index is 1.59. The average molecular weight is 510 g/mol. The van der Waals surface area contributed by atoms with Gasteiger partial charge in [0.2, 0.25) is 0 Å². The molecule has 0 aliphatic carbocycles. The lowest BCUT2D eigenvalue weighted by atomic mass is 10.0. The Kier molecular flexibility index (Phi) is 8.09. The molecule has 0 aliphatic heterocycles. The molecule has 0 spiro atoms. The lowest BCUT2D eigenvalue weighted by Gasteiger charge is -2.16. The first-order valence-electron chi connectivity index (χ1n) is 12.2.